The van der Waals surface area contributed by atoms with E-state index < -0.39 is 23.4 Å². The number of aryl methyl sites for hydroxylation is 1. The zero-order valence-electron chi connectivity index (χ0n) is 27.2. The van der Waals surface area contributed by atoms with Crippen molar-refractivity contribution in [3.8, 4) is 17.1 Å². The van der Waals surface area contributed by atoms with Gasteiger partial charge in [-0.05, 0) is 73.0 Å². The second-order valence-corrected chi connectivity index (χ2v) is 12.2. The van der Waals surface area contributed by atoms with Crippen LogP contribution in [0.25, 0.3) is 34.4 Å². The first-order valence-corrected chi connectivity index (χ1v) is 16.0. The smallest absolute Gasteiger partial charge is 0.335 e. The summed E-state index contributed by atoms with van der Waals surface area (Å²) in [6, 6.07) is 16.3. The molecular weight excluding hydrogens is 647 g/mol. The molecule has 0 saturated carbocycles. The van der Waals surface area contributed by atoms with Crippen molar-refractivity contribution < 1.29 is 32.5 Å². The third kappa shape index (κ3) is 6.74. The van der Waals surface area contributed by atoms with Gasteiger partial charge in [0.2, 0.25) is 5.88 Å². The molecule has 0 radical (unpaired) electrons. The lowest BCUT2D eigenvalue weighted by molar-refractivity contribution is -0.0589. The Morgan fingerprint density at radius 1 is 1.00 bits per heavy atom. The molecule has 0 amide bonds. The van der Waals surface area contributed by atoms with Crippen LogP contribution in [0.15, 0.2) is 72.9 Å². The maximum atomic E-state index is 15.6. The van der Waals surface area contributed by atoms with Crippen LogP contribution in [0.4, 0.5) is 13.2 Å². The standard InChI is InChI=1S/C38H32F3N5O4/c1-22-42-19-27(45(22)2)10-7-23-6-8-25(30(39)14-23)21-50-37-5-3-4-33(44-37)29-18-31(40)26(15-32(29)41)17-36-43-34-11-9-24(38(47)48)16-35(34)46(36)20-28-12-13-49-28/h3-11,14-16,18-19,28H,12-13,17,20-21H2,1-2H3,(H,47,48)/b10-7-/t28-/m0/s1. The van der Waals surface area contributed by atoms with E-state index in [1.807, 2.05) is 29.2 Å². The fourth-order valence-corrected chi connectivity index (χ4v) is 5.80. The molecule has 7 rings (SSSR count). The van der Waals surface area contributed by atoms with Gasteiger partial charge in [0.05, 0.1) is 46.8 Å². The maximum Gasteiger partial charge on any atom is 0.335 e. The average Bonchev–Trinajstić information content (AvgIpc) is 3.59. The Bertz CT molecular complexity index is 2270. The van der Waals surface area contributed by atoms with Gasteiger partial charge >= 0.3 is 5.97 Å². The molecule has 254 valence electrons. The molecule has 1 aliphatic rings. The van der Waals surface area contributed by atoms with Crippen LogP contribution in [0.2, 0.25) is 0 Å². The first-order valence-electron chi connectivity index (χ1n) is 16.0. The van der Waals surface area contributed by atoms with E-state index in [-0.39, 0.29) is 47.4 Å². The van der Waals surface area contributed by atoms with Gasteiger partial charge in [0, 0.05) is 37.3 Å². The number of pyridine rings is 1. The van der Waals surface area contributed by atoms with Crippen molar-refractivity contribution in [1.82, 2.24) is 24.1 Å². The molecule has 1 fully saturated rings. The second-order valence-electron chi connectivity index (χ2n) is 12.2. The van der Waals surface area contributed by atoms with Crippen LogP contribution in [-0.2, 0) is 31.4 Å². The average molecular weight is 680 g/mol. The van der Waals surface area contributed by atoms with Gasteiger partial charge in [0.15, 0.2) is 0 Å². The van der Waals surface area contributed by atoms with Gasteiger partial charge in [-0.25, -0.2) is 32.9 Å². The molecule has 0 bridgehead atoms. The van der Waals surface area contributed by atoms with E-state index in [0.29, 0.717) is 41.1 Å². The van der Waals surface area contributed by atoms with E-state index in [1.54, 1.807) is 42.6 Å². The van der Waals surface area contributed by atoms with E-state index in [0.717, 1.165) is 30.1 Å². The molecule has 4 heterocycles. The van der Waals surface area contributed by atoms with Gasteiger partial charge in [0.25, 0.3) is 0 Å². The summed E-state index contributed by atoms with van der Waals surface area (Å²) in [5.74, 6) is -1.44. The van der Waals surface area contributed by atoms with Crippen molar-refractivity contribution >= 4 is 29.2 Å². The molecule has 1 atom stereocenters. The Morgan fingerprint density at radius 3 is 2.54 bits per heavy atom. The molecular formula is C38H32F3N5O4. The Morgan fingerprint density at radius 2 is 1.82 bits per heavy atom. The molecule has 3 aromatic heterocycles. The Labute approximate surface area is 285 Å². The number of aromatic nitrogens is 5. The van der Waals surface area contributed by atoms with Gasteiger partial charge in [-0.3, -0.25) is 0 Å². The summed E-state index contributed by atoms with van der Waals surface area (Å²) in [5.41, 5.74) is 3.25. The number of imidazole rings is 2. The van der Waals surface area contributed by atoms with E-state index in [9.17, 15) is 14.3 Å². The van der Waals surface area contributed by atoms with Crippen molar-refractivity contribution in [1.29, 1.82) is 0 Å². The topological polar surface area (TPSA) is 104 Å². The lowest BCUT2D eigenvalue weighted by Crippen LogP contribution is -2.31. The zero-order valence-corrected chi connectivity index (χ0v) is 27.2. The minimum Gasteiger partial charge on any atom is -0.478 e. The summed E-state index contributed by atoms with van der Waals surface area (Å²) in [6.45, 7) is 2.82. The molecule has 9 nitrogen and oxygen atoms in total. The van der Waals surface area contributed by atoms with E-state index in [2.05, 4.69) is 15.0 Å². The summed E-state index contributed by atoms with van der Waals surface area (Å²) >= 11 is 0. The maximum absolute atomic E-state index is 15.6. The highest BCUT2D eigenvalue weighted by molar-refractivity contribution is 5.92. The number of halogens is 3. The SMILES string of the molecule is Cc1ncc(/C=C\c2ccc(COc3cccc(-c4cc(F)c(Cc5nc6ccc(C(=O)O)cc6n5C[C@@H]5CCO5)cc4F)n3)c(F)c2)n1C. The molecule has 0 unspecified atom stereocenters. The molecule has 0 spiro atoms. The Balaban J connectivity index is 1.07. The molecule has 6 aromatic rings. The number of carboxylic acid groups (broad SMARTS) is 1. The van der Waals surface area contributed by atoms with Crippen molar-refractivity contribution in [2.45, 2.75) is 39.0 Å². The molecule has 12 heteroatoms. The Hall–Kier alpha value is -5.75. The van der Waals surface area contributed by atoms with Crippen molar-refractivity contribution in [3.05, 3.63) is 130 Å². The zero-order chi connectivity index (χ0) is 34.9. The predicted molar refractivity (Wildman–Crippen MR) is 181 cm³/mol. The molecule has 3 aromatic carbocycles. The summed E-state index contributed by atoms with van der Waals surface area (Å²) in [7, 11) is 1.90. The summed E-state index contributed by atoms with van der Waals surface area (Å²) in [6.07, 6.45) is 6.11. The van der Waals surface area contributed by atoms with Crippen LogP contribution in [0.3, 0.4) is 0 Å². The number of rotatable bonds is 11. The molecule has 1 aliphatic heterocycles. The quantitative estimate of drug-likeness (QED) is 0.152. The van der Waals surface area contributed by atoms with Gasteiger partial charge < -0.3 is 23.7 Å². The number of aromatic carboxylic acids is 1. The second kappa shape index (κ2) is 13.6. The summed E-state index contributed by atoms with van der Waals surface area (Å²) in [4.78, 5) is 24.8. The highest BCUT2D eigenvalue weighted by Crippen LogP contribution is 2.29. The number of nitrogens with zero attached hydrogens (tertiary/aromatic N) is 5. The lowest BCUT2D eigenvalue weighted by Gasteiger charge is -2.27. The molecule has 1 N–H and O–H groups in total. The fourth-order valence-electron chi connectivity index (χ4n) is 5.80. The lowest BCUT2D eigenvalue weighted by atomic mass is 10.0. The van der Waals surface area contributed by atoms with Crippen LogP contribution < -0.4 is 4.74 Å². The predicted octanol–water partition coefficient (Wildman–Crippen LogP) is 7.38. The number of benzene rings is 3. The number of hydrogen-bond acceptors (Lipinski definition) is 6. The number of carboxylic acids is 1. The third-order valence-corrected chi connectivity index (χ3v) is 8.89. The van der Waals surface area contributed by atoms with Gasteiger partial charge in [-0.15, -0.1) is 0 Å². The molecule has 1 saturated heterocycles. The van der Waals surface area contributed by atoms with Gasteiger partial charge in [0.1, 0.15) is 35.7 Å². The first kappa shape index (κ1) is 32.8. The summed E-state index contributed by atoms with van der Waals surface area (Å²) < 4.78 is 61.2. The highest BCUT2D eigenvalue weighted by Gasteiger charge is 2.24. The number of hydrogen-bond donors (Lipinski definition) is 1. The third-order valence-electron chi connectivity index (χ3n) is 8.89. The van der Waals surface area contributed by atoms with Gasteiger partial charge in [-0.1, -0.05) is 24.3 Å². The van der Waals surface area contributed by atoms with Crippen molar-refractivity contribution in [2.24, 2.45) is 7.05 Å². The van der Waals surface area contributed by atoms with E-state index in [1.165, 1.54) is 24.3 Å². The monoisotopic (exact) mass is 679 g/mol. The van der Waals surface area contributed by atoms with Gasteiger partial charge in [-0.2, -0.15) is 0 Å². The number of fused-ring (bicyclic) bond motifs is 1. The number of carbonyl (C=O) groups is 1. The Kier molecular flexibility index (Phi) is 8.94. The van der Waals surface area contributed by atoms with E-state index in [4.69, 9.17) is 9.47 Å². The largest absolute Gasteiger partial charge is 0.478 e. The van der Waals surface area contributed by atoms with Crippen LogP contribution in [-0.4, -0.2) is 47.9 Å². The van der Waals surface area contributed by atoms with Crippen molar-refractivity contribution in [3.63, 3.8) is 0 Å². The minimum absolute atomic E-state index is 0.0352. The molecule has 50 heavy (non-hydrogen) atoms. The van der Waals surface area contributed by atoms with Crippen molar-refractivity contribution in [2.75, 3.05) is 6.61 Å². The minimum atomic E-state index is -1.07. The number of ether oxygens (including phenoxy) is 2. The van der Waals surface area contributed by atoms with Crippen LogP contribution in [0.1, 0.15) is 50.8 Å². The van der Waals surface area contributed by atoms with E-state index >= 15 is 8.78 Å². The summed E-state index contributed by atoms with van der Waals surface area (Å²) in [5, 5.41) is 9.50. The normalized spacial score (nSPS) is 14.4. The van der Waals surface area contributed by atoms with Crippen LogP contribution >= 0.6 is 0 Å². The molecule has 0 aliphatic carbocycles. The fraction of sp³-hybridized carbons (Fsp3) is 0.211. The van der Waals surface area contributed by atoms with Crippen LogP contribution in [0.5, 0.6) is 5.88 Å². The highest BCUT2D eigenvalue weighted by atomic mass is 19.1. The first-order chi connectivity index (χ1) is 24.1. The van der Waals surface area contributed by atoms with Crippen LogP contribution in [0, 0.1) is 24.4 Å².